The molecule has 0 aliphatic rings. The molecule has 1 aromatic rings. The predicted molar refractivity (Wildman–Crippen MR) is 54.7 cm³/mol. The lowest BCUT2D eigenvalue weighted by Gasteiger charge is -2.13. The molecule has 0 atom stereocenters. The number of esters is 1. The number of carbonyl (C=O) groups is 1. The van der Waals surface area contributed by atoms with E-state index in [9.17, 15) is 31.5 Å². The third-order valence-electron chi connectivity index (χ3n) is 1.97. The lowest BCUT2D eigenvalue weighted by atomic mass is 10.2. The minimum atomic E-state index is -5.31. The van der Waals surface area contributed by atoms with Gasteiger partial charge in [-0.2, -0.15) is 0 Å². The summed E-state index contributed by atoms with van der Waals surface area (Å²) >= 11 is 0. The van der Waals surface area contributed by atoms with Gasteiger partial charge in [0.2, 0.25) is 5.88 Å². The van der Waals surface area contributed by atoms with Crippen molar-refractivity contribution in [1.29, 1.82) is 0 Å². The second kappa shape index (κ2) is 5.88. The van der Waals surface area contributed by atoms with E-state index in [0.717, 1.165) is 0 Å². The molecule has 1 rings (SSSR count). The summed E-state index contributed by atoms with van der Waals surface area (Å²) < 4.78 is 69.1. The third kappa shape index (κ3) is 3.93. The van der Waals surface area contributed by atoms with Gasteiger partial charge in [0.25, 0.3) is 6.43 Å². The second-order valence-electron chi connectivity index (χ2n) is 3.36. The van der Waals surface area contributed by atoms with Gasteiger partial charge in [-0.05, 0) is 6.92 Å². The number of rotatable bonds is 4. The topological polar surface area (TPSA) is 68.4 Å². The summed E-state index contributed by atoms with van der Waals surface area (Å²) in [4.78, 5) is 24.3. The van der Waals surface area contributed by atoms with Crippen LogP contribution in [0, 0.1) is 0 Å². The van der Waals surface area contributed by atoms with E-state index >= 15 is 0 Å². The Bertz CT molecular complexity index is 552. The molecular weight excluding hydrogens is 293 g/mol. The molecule has 0 spiro atoms. The van der Waals surface area contributed by atoms with Gasteiger partial charge < -0.3 is 14.5 Å². The van der Waals surface area contributed by atoms with Crippen LogP contribution in [0.15, 0.2) is 10.9 Å². The maximum Gasteiger partial charge on any atom is 0.574 e. The number of aromatic nitrogens is 1. The highest BCUT2D eigenvalue weighted by Gasteiger charge is 2.35. The standard InChI is InChI=1S/C10H8F5NO4/c1-2-19-9(18)4-3-5(17)6(7(11)12)8(16-4)20-10(13,14)15/h3,7H,2H2,1H3,(H,16,17). The highest BCUT2D eigenvalue weighted by molar-refractivity contribution is 5.87. The van der Waals surface area contributed by atoms with Crippen LogP contribution >= 0.6 is 0 Å². The summed E-state index contributed by atoms with van der Waals surface area (Å²) in [5.41, 5.74) is -3.71. The number of aromatic amines is 1. The van der Waals surface area contributed by atoms with Crippen LogP contribution in [0.1, 0.15) is 29.4 Å². The van der Waals surface area contributed by atoms with E-state index in [1.54, 1.807) is 4.98 Å². The van der Waals surface area contributed by atoms with Gasteiger partial charge in [0.05, 0.1) is 6.61 Å². The van der Waals surface area contributed by atoms with E-state index in [4.69, 9.17) is 0 Å². The van der Waals surface area contributed by atoms with Crippen molar-refractivity contribution in [2.45, 2.75) is 19.7 Å². The molecule has 20 heavy (non-hydrogen) atoms. The number of carbonyl (C=O) groups excluding carboxylic acids is 1. The van der Waals surface area contributed by atoms with Crippen LogP contribution in [-0.4, -0.2) is 23.9 Å². The largest absolute Gasteiger partial charge is 0.574 e. The Morgan fingerprint density at radius 2 is 2.00 bits per heavy atom. The molecule has 0 fully saturated rings. The Balaban J connectivity index is 3.36. The summed E-state index contributed by atoms with van der Waals surface area (Å²) in [5.74, 6) is -2.71. The van der Waals surface area contributed by atoms with Crippen LogP contribution in [0.4, 0.5) is 22.0 Å². The first kappa shape index (κ1) is 15.9. The van der Waals surface area contributed by atoms with E-state index in [1.165, 1.54) is 6.92 Å². The molecule has 112 valence electrons. The SMILES string of the molecule is CCOC(=O)c1cc(=O)c(C(F)F)c(OC(F)(F)F)[nH]1. The summed E-state index contributed by atoms with van der Waals surface area (Å²) in [6.45, 7) is 1.30. The maximum absolute atomic E-state index is 12.6. The van der Waals surface area contributed by atoms with Crippen molar-refractivity contribution < 1.29 is 36.2 Å². The molecule has 0 unspecified atom stereocenters. The summed E-state index contributed by atoms with van der Waals surface area (Å²) in [6.07, 6.45) is -8.81. The van der Waals surface area contributed by atoms with Crippen LogP contribution in [0.3, 0.4) is 0 Å². The first-order chi connectivity index (χ1) is 9.15. The monoisotopic (exact) mass is 301 g/mol. The van der Waals surface area contributed by atoms with Gasteiger partial charge in [-0.1, -0.05) is 0 Å². The fourth-order valence-electron chi connectivity index (χ4n) is 1.27. The van der Waals surface area contributed by atoms with Crippen LogP contribution in [0.2, 0.25) is 0 Å². The molecule has 0 aromatic carbocycles. The molecule has 1 aromatic heterocycles. The van der Waals surface area contributed by atoms with Gasteiger partial charge >= 0.3 is 12.3 Å². The van der Waals surface area contributed by atoms with Crippen molar-refractivity contribution >= 4 is 5.97 Å². The maximum atomic E-state index is 12.6. The molecule has 0 amide bonds. The molecule has 0 aliphatic heterocycles. The molecule has 0 radical (unpaired) electrons. The van der Waals surface area contributed by atoms with Gasteiger partial charge in [0.1, 0.15) is 11.3 Å². The Morgan fingerprint density at radius 3 is 2.45 bits per heavy atom. The molecular formula is C10H8F5NO4. The van der Waals surface area contributed by atoms with Crippen LogP contribution in [0.5, 0.6) is 5.88 Å². The molecule has 5 nitrogen and oxygen atoms in total. The molecule has 0 saturated heterocycles. The molecule has 1 N–H and O–H groups in total. The number of hydrogen-bond acceptors (Lipinski definition) is 4. The number of nitrogens with one attached hydrogen (secondary N) is 1. The third-order valence-corrected chi connectivity index (χ3v) is 1.97. The minimum Gasteiger partial charge on any atom is -0.461 e. The number of hydrogen-bond donors (Lipinski definition) is 1. The van der Waals surface area contributed by atoms with Crippen molar-refractivity contribution in [2.75, 3.05) is 6.61 Å². The van der Waals surface area contributed by atoms with E-state index in [-0.39, 0.29) is 6.61 Å². The Labute approximate surface area is 108 Å². The van der Waals surface area contributed by atoms with Crippen molar-refractivity contribution in [2.24, 2.45) is 0 Å². The normalized spacial score (nSPS) is 11.6. The minimum absolute atomic E-state index is 0.118. The number of H-pyrrole nitrogens is 1. The number of halogens is 5. The lowest BCUT2D eigenvalue weighted by molar-refractivity contribution is -0.276. The van der Waals surface area contributed by atoms with Gasteiger partial charge in [0.15, 0.2) is 5.43 Å². The number of pyridine rings is 1. The summed E-state index contributed by atoms with van der Waals surface area (Å²) in [6, 6.07) is 0.419. The molecule has 0 aliphatic carbocycles. The average molecular weight is 301 g/mol. The van der Waals surface area contributed by atoms with Crippen LogP contribution < -0.4 is 10.2 Å². The zero-order valence-corrected chi connectivity index (χ0v) is 9.88. The molecule has 10 heteroatoms. The van der Waals surface area contributed by atoms with Crippen molar-refractivity contribution in [3.8, 4) is 5.88 Å². The quantitative estimate of drug-likeness (QED) is 0.685. The average Bonchev–Trinajstić information content (AvgIpc) is 2.25. The number of alkyl halides is 5. The fraction of sp³-hybridized carbons (Fsp3) is 0.400. The van der Waals surface area contributed by atoms with Crippen molar-refractivity contribution in [3.05, 3.63) is 27.5 Å². The first-order valence-electron chi connectivity index (χ1n) is 5.14. The highest BCUT2D eigenvalue weighted by atomic mass is 19.4. The zero-order valence-electron chi connectivity index (χ0n) is 9.88. The van der Waals surface area contributed by atoms with E-state index in [2.05, 4.69) is 9.47 Å². The Morgan fingerprint density at radius 1 is 1.40 bits per heavy atom. The van der Waals surface area contributed by atoms with E-state index < -0.39 is 41.3 Å². The van der Waals surface area contributed by atoms with Crippen LogP contribution in [0.25, 0.3) is 0 Å². The summed E-state index contributed by atoms with van der Waals surface area (Å²) in [7, 11) is 0. The molecule has 0 bridgehead atoms. The lowest BCUT2D eigenvalue weighted by Crippen LogP contribution is -2.24. The van der Waals surface area contributed by atoms with Gasteiger partial charge in [-0.15, -0.1) is 13.2 Å². The predicted octanol–water partition coefficient (Wildman–Crippen LogP) is 2.39. The summed E-state index contributed by atoms with van der Waals surface area (Å²) in [5, 5.41) is 0. The van der Waals surface area contributed by atoms with E-state index in [1.807, 2.05) is 0 Å². The van der Waals surface area contributed by atoms with E-state index in [0.29, 0.717) is 6.07 Å². The Hall–Kier alpha value is -2.13. The van der Waals surface area contributed by atoms with Gasteiger partial charge in [-0.25, -0.2) is 13.6 Å². The van der Waals surface area contributed by atoms with Gasteiger partial charge in [0, 0.05) is 6.07 Å². The first-order valence-corrected chi connectivity index (χ1v) is 5.14. The van der Waals surface area contributed by atoms with Crippen molar-refractivity contribution in [3.63, 3.8) is 0 Å². The smallest absolute Gasteiger partial charge is 0.461 e. The zero-order chi connectivity index (χ0) is 15.5. The molecule has 0 saturated carbocycles. The fourth-order valence-corrected chi connectivity index (χ4v) is 1.27. The highest BCUT2D eigenvalue weighted by Crippen LogP contribution is 2.29. The van der Waals surface area contributed by atoms with Crippen LogP contribution in [-0.2, 0) is 4.74 Å². The van der Waals surface area contributed by atoms with Crippen molar-refractivity contribution in [1.82, 2.24) is 4.98 Å². The van der Waals surface area contributed by atoms with Gasteiger partial charge in [-0.3, -0.25) is 4.79 Å². The Kier molecular flexibility index (Phi) is 4.69. The second-order valence-corrected chi connectivity index (χ2v) is 3.36. The number of ether oxygens (including phenoxy) is 2. The molecule has 1 heterocycles.